The van der Waals surface area contributed by atoms with Gasteiger partial charge in [0, 0.05) is 43.3 Å². The number of hydrogen-bond donors (Lipinski definition) is 1. The van der Waals surface area contributed by atoms with E-state index >= 15 is 0 Å². The van der Waals surface area contributed by atoms with Gasteiger partial charge in [-0.3, -0.25) is 9.89 Å². The Hall–Kier alpha value is -3.38. The Bertz CT molecular complexity index is 1200. The standard InChI is InChI=1S/C27H29ClN4O2/c1-32(17-9-3-6-12-21-18-24(31-30-21)20-10-4-2-5-11-20)27(33)16-15-26-29-19-25(34-26)22-13-7-8-14-23(22)28/h2,4-5,7-8,10-11,13-14,18-19H,3,6,9,12,15-17H2,1H3,(H,30,31). The second-order valence-electron chi connectivity index (χ2n) is 8.37. The normalized spacial score (nSPS) is 11.0. The number of hydrogen-bond acceptors (Lipinski definition) is 4. The Morgan fingerprint density at radius 1 is 1.03 bits per heavy atom. The first-order valence-electron chi connectivity index (χ1n) is 11.6. The van der Waals surface area contributed by atoms with Gasteiger partial charge in [0.15, 0.2) is 11.7 Å². The molecule has 0 atom stereocenters. The highest BCUT2D eigenvalue weighted by Gasteiger charge is 2.13. The van der Waals surface area contributed by atoms with E-state index in [9.17, 15) is 4.79 Å². The molecule has 0 aliphatic carbocycles. The van der Waals surface area contributed by atoms with Crippen molar-refractivity contribution in [2.45, 2.75) is 38.5 Å². The van der Waals surface area contributed by atoms with E-state index < -0.39 is 0 Å². The van der Waals surface area contributed by atoms with Crippen LogP contribution in [0.3, 0.4) is 0 Å². The number of unbranched alkanes of at least 4 members (excludes halogenated alkanes) is 2. The second kappa shape index (κ2) is 11.7. The van der Waals surface area contributed by atoms with Crippen molar-refractivity contribution in [3.8, 4) is 22.6 Å². The molecule has 2 heterocycles. The van der Waals surface area contributed by atoms with E-state index in [0.717, 1.165) is 54.7 Å². The number of aryl methyl sites for hydroxylation is 2. The Morgan fingerprint density at radius 2 is 1.82 bits per heavy atom. The number of carbonyl (C=O) groups is 1. The molecule has 0 bridgehead atoms. The maximum absolute atomic E-state index is 12.5. The molecule has 34 heavy (non-hydrogen) atoms. The van der Waals surface area contributed by atoms with Crippen LogP contribution >= 0.6 is 11.6 Å². The molecule has 0 unspecified atom stereocenters. The number of benzene rings is 2. The molecule has 0 saturated carbocycles. The Kier molecular flexibility index (Phi) is 8.15. The molecule has 0 fully saturated rings. The maximum Gasteiger partial charge on any atom is 0.222 e. The lowest BCUT2D eigenvalue weighted by Crippen LogP contribution is -2.27. The number of carbonyl (C=O) groups excluding carboxylic acids is 1. The fourth-order valence-corrected chi connectivity index (χ4v) is 4.06. The number of H-pyrrole nitrogens is 1. The molecule has 0 aliphatic rings. The maximum atomic E-state index is 12.5. The lowest BCUT2D eigenvalue weighted by atomic mass is 10.1. The summed E-state index contributed by atoms with van der Waals surface area (Å²) in [5, 5.41) is 8.16. The second-order valence-corrected chi connectivity index (χ2v) is 8.78. The minimum atomic E-state index is 0.0959. The fraction of sp³-hybridized carbons (Fsp3) is 0.296. The van der Waals surface area contributed by atoms with Crippen LogP contribution in [0.4, 0.5) is 0 Å². The summed E-state index contributed by atoms with van der Waals surface area (Å²) in [6, 6.07) is 19.8. The van der Waals surface area contributed by atoms with Gasteiger partial charge in [-0.1, -0.05) is 60.5 Å². The predicted octanol–water partition coefficient (Wildman–Crippen LogP) is 6.19. The number of halogens is 1. The summed E-state index contributed by atoms with van der Waals surface area (Å²) in [4.78, 5) is 18.6. The topological polar surface area (TPSA) is 75.0 Å². The predicted molar refractivity (Wildman–Crippen MR) is 134 cm³/mol. The molecule has 2 aromatic carbocycles. The molecule has 0 radical (unpaired) electrons. The zero-order valence-electron chi connectivity index (χ0n) is 19.3. The van der Waals surface area contributed by atoms with E-state index in [4.69, 9.17) is 16.0 Å². The number of nitrogens with zero attached hydrogens (tertiary/aromatic N) is 3. The van der Waals surface area contributed by atoms with Gasteiger partial charge in [-0.25, -0.2) is 4.98 Å². The number of aromatic nitrogens is 3. The lowest BCUT2D eigenvalue weighted by molar-refractivity contribution is -0.130. The van der Waals surface area contributed by atoms with Crippen LogP contribution in [0.25, 0.3) is 22.6 Å². The van der Waals surface area contributed by atoms with Crippen molar-refractivity contribution in [1.29, 1.82) is 0 Å². The summed E-state index contributed by atoms with van der Waals surface area (Å²) >= 11 is 6.22. The number of rotatable bonds is 11. The van der Waals surface area contributed by atoms with Crippen LogP contribution in [0.15, 0.2) is 71.3 Å². The van der Waals surface area contributed by atoms with Crippen molar-refractivity contribution < 1.29 is 9.21 Å². The molecule has 7 heteroatoms. The summed E-state index contributed by atoms with van der Waals surface area (Å²) in [5.74, 6) is 1.26. The summed E-state index contributed by atoms with van der Waals surface area (Å²) in [6.07, 6.45) is 6.53. The molecule has 6 nitrogen and oxygen atoms in total. The van der Waals surface area contributed by atoms with Crippen molar-refractivity contribution in [3.63, 3.8) is 0 Å². The highest BCUT2D eigenvalue weighted by Crippen LogP contribution is 2.28. The van der Waals surface area contributed by atoms with Crippen molar-refractivity contribution in [2.24, 2.45) is 0 Å². The van der Waals surface area contributed by atoms with Crippen LogP contribution in [-0.2, 0) is 17.6 Å². The van der Waals surface area contributed by atoms with E-state index in [0.29, 0.717) is 29.5 Å². The molecule has 176 valence electrons. The Balaban J connectivity index is 1.14. The number of aromatic amines is 1. The molecule has 1 amide bonds. The van der Waals surface area contributed by atoms with Crippen LogP contribution in [0, 0.1) is 0 Å². The van der Waals surface area contributed by atoms with E-state index in [1.165, 1.54) is 0 Å². The number of nitrogens with one attached hydrogen (secondary N) is 1. The monoisotopic (exact) mass is 476 g/mol. The molecule has 4 rings (SSSR count). The van der Waals surface area contributed by atoms with Crippen LogP contribution in [-0.4, -0.2) is 39.6 Å². The third-order valence-corrected chi connectivity index (χ3v) is 6.14. The van der Waals surface area contributed by atoms with Crippen LogP contribution < -0.4 is 0 Å². The van der Waals surface area contributed by atoms with E-state index in [1.54, 1.807) is 11.1 Å². The molecule has 1 N–H and O–H groups in total. The highest BCUT2D eigenvalue weighted by atomic mass is 35.5. The average Bonchev–Trinajstić information content (AvgIpc) is 3.53. The first-order chi connectivity index (χ1) is 16.6. The minimum Gasteiger partial charge on any atom is -0.441 e. The third-order valence-electron chi connectivity index (χ3n) is 5.81. The van der Waals surface area contributed by atoms with E-state index in [1.807, 2.05) is 49.5 Å². The van der Waals surface area contributed by atoms with Crippen molar-refractivity contribution in [1.82, 2.24) is 20.1 Å². The van der Waals surface area contributed by atoms with Gasteiger partial charge in [0.2, 0.25) is 5.91 Å². The van der Waals surface area contributed by atoms with Crippen LogP contribution in [0.5, 0.6) is 0 Å². The fourth-order valence-electron chi connectivity index (χ4n) is 3.83. The van der Waals surface area contributed by atoms with Gasteiger partial charge in [-0.15, -0.1) is 0 Å². The van der Waals surface area contributed by atoms with E-state index in [-0.39, 0.29) is 5.91 Å². The van der Waals surface area contributed by atoms with Gasteiger partial charge in [0.05, 0.1) is 16.9 Å². The average molecular weight is 477 g/mol. The summed E-state index contributed by atoms with van der Waals surface area (Å²) in [7, 11) is 1.86. The zero-order chi connectivity index (χ0) is 23.8. The van der Waals surface area contributed by atoms with Crippen LogP contribution in [0.2, 0.25) is 5.02 Å². The van der Waals surface area contributed by atoms with Gasteiger partial charge in [0.1, 0.15) is 0 Å². The Labute approximate surface area is 205 Å². The summed E-state index contributed by atoms with van der Waals surface area (Å²) in [6.45, 7) is 0.744. The van der Waals surface area contributed by atoms with Gasteiger partial charge in [0.25, 0.3) is 0 Å². The Morgan fingerprint density at radius 3 is 2.65 bits per heavy atom. The smallest absolute Gasteiger partial charge is 0.222 e. The third kappa shape index (κ3) is 6.35. The lowest BCUT2D eigenvalue weighted by Gasteiger charge is -2.16. The summed E-state index contributed by atoms with van der Waals surface area (Å²) < 4.78 is 5.79. The number of amides is 1. The molecular formula is C27H29ClN4O2. The van der Waals surface area contributed by atoms with Gasteiger partial charge >= 0.3 is 0 Å². The first kappa shape index (κ1) is 23.8. The molecule has 0 saturated heterocycles. The molecule has 2 aromatic heterocycles. The van der Waals surface area contributed by atoms with Gasteiger partial charge in [-0.05, 0) is 37.5 Å². The van der Waals surface area contributed by atoms with Crippen molar-refractivity contribution >= 4 is 17.5 Å². The van der Waals surface area contributed by atoms with Crippen molar-refractivity contribution in [2.75, 3.05) is 13.6 Å². The van der Waals surface area contributed by atoms with Crippen LogP contribution in [0.1, 0.15) is 37.3 Å². The molecule has 0 aliphatic heterocycles. The van der Waals surface area contributed by atoms with E-state index in [2.05, 4.69) is 33.4 Å². The first-order valence-corrected chi connectivity index (χ1v) is 12.0. The highest BCUT2D eigenvalue weighted by molar-refractivity contribution is 6.33. The largest absolute Gasteiger partial charge is 0.441 e. The molecule has 0 spiro atoms. The van der Waals surface area contributed by atoms with Gasteiger partial charge < -0.3 is 9.32 Å². The molecular weight excluding hydrogens is 448 g/mol. The quantitative estimate of drug-likeness (QED) is 0.262. The zero-order valence-corrected chi connectivity index (χ0v) is 20.1. The van der Waals surface area contributed by atoms with Gasteiger partial charge in [-0.2, -0.15) is 5.10 Å². The minimum absolute atomic E-state index is 0.0959. The molecule has 4 aromatic rings. The van der Waals surface area contributed by atoms with Crippen molar-refractivity contribution in [3.05, 3.63) is 83.5 Å². The SMILES string of the molecule is CN(CCCCCc1cc(-c2ccccc2)n[nH]1)C(=O)CCc1ncc(-c2ccccc2Cl)o1. The number of oxazole rings is 1. The summed E-state index contributed by atoms with van der Waals surface area (Å²) in [5.41, 5.74) is 4.05.